The van der Waals surface area contributed by atoms with Crippen molar-refractivity contribution in [1.29, 1.82) is 0 Å². The predicted octanol–water partition coefficient (Wildman–Crippen LogP) is 4.85. The lowest BCUT2D eigenvalue weighted by Crippen LogP contribution is -2.20. The number of nitrogens with one attached hydrogen (secondary N) is 2. The number of benzene rings is 2. The summed E-state index contributed by atoms with van der Waals surface area (Å²) in [5, 5.41) is 11.3. The van der Waals surface area contributed by atoms with E-state index in [1.165, 1.54) is 6.07 Å². The van der Waals surface area contributed by atoms with Gasteiger partial charge in [-0.05, 0) is 43.4 Å². The molecule has 0 aliphatic rings. The van der Waals surface area contributed by atoms with E-state index in [0.29, 0.717) is 27.3 Å². The molecule has 0 aliphatic heterocycles. The molecule has 2 N–H and O–H groups in total. The van der Waals surface area contributed by atoms with E-state index >= 15 is 0 Å². The number of thiocarbonyl (C=S) groups is 1. The summed E-state index contributed by atoms with van der Waals surface area (Å²) in [6.45, 7) is 2.11. The summed E-state index contributed by atoms with van der Waals surface area (Å²) in [6.07, 6.45) is 0. The number of anilines is 2. The molecule has 1 aromatic heterocycles. The van der Waals surface area contributed by atoms with Crippen LogP contribution in [-0.4, -0.2) is 22.0 Å². The van der Waals surface area contributed by atoms with Gasteiger partial charge in [0.1, 0.15) is 11.6 Å². The number of aromatic nitrogens is 2. The third kappa shape index (κ3) is 4.56. The first-order valence-corrected chi connectivity index (χ1v) is 8.95. The SMILES string of the molecule is COc1ccccc1NC(=S)Nc1cc(C)n(Cc2c(F)cccc2Cl)n1. The lowest BCUT2D eigenvalue weighted by atomic mass is 10.2. The minimum atomic E-state index is -0.361. The zero-order valence-corrected chi connectivity index (χ0v) is 16.4. The van der Waals surface area contributed by atoms with E-state index in [4.69, 9.17) is 28.6 Å². The second-order valence-corrected chi connectivity index (χ2v) is 6.62. The van der Waals surface area contributed by atoms with Gasteiger partial charge in [-0.3, -0.25) is 4.68 Å². The van der Waals surface area contributed by atoms with Crippen molar-refractivity contribution in [2.24, 2.45) is 0 Å². The van der Waals surface area contributed by atoms with Gasteiger partial charge in [-0.15, -0.1) is 0 Å². The molecule has 3 aromatic rings. The van der Waals surface area contributed by atoms with Crippen molar-refractivity contribution < 1.29 is 9.13 Å². The van der Waals surface area contributed by atoms with Gasteiger partial charge >= 0.3 is 0 Å². The minimum absolute atomic E-state index is 0.228. The van der Waals surface area contributed by atoms with Gasteiger partial charge in [0.05, 0.1) is 19.3 Å². The van der Waals surface area contributed by atoms with Crippen LogP contribution in [-0.2, 0) is 6.54 Å². The molecule has 1 heterocycles. The quantitative estimate of drug-likeness (QED) is 0.595. The van der Waals surface area contributed by atoms with Gasteiger partial charge in [-0.1, -0.05) is 29.8 Å². The van der Waals surface area contributed by atoms with Gasteiger partial charge in [0.2, 0.25) is 0 Å². The lowest BCUT2D eigenvalue weighted by Gasteiger charge is -2.12. The molecule has 27 heavy (non-hydrogen) atoms. The largest absolute Gasteiger partial charge is 0.495 e. The highest BCUT2D eigenvalue weighted by molar-refractivity contribution is 7.80. The number of hydrogen-bond donors (Lipinski definition) is 2. The number of ether oxygens (including phenoxy) is 1. The maximum atomic E-state index is 14.0. The van der Waals surface area contributed by atoms with E-state index in [-0.39, 0.29) is 12.4 Å². The van der Waals surface area contributed by atoms with Crippen LogP contribution < -0.4 is 15.4 Å². The second kappa shape index (κ2) is 8.37. The average Bonchev–Trinajstić information content (AvgIpc) is 2.97. The highest BCUT2D eigenvalue weighted by atomic mass is 35.5. The summed E-state index contributed by atoms with van der Waals surface area (Å²) >= 11 is 11.4. The Hall–Kier alpha value is -2.64. The molecule has 0 spiro atoms. The predicted molar refractivity (Wildman–Crippen MR) is 110 cm³/mol. The van der Waals surface area contributed by atoms with Crippen LogP contribution in [0, 0.1) is 12.7 Å². The smallest absolute Gasteiger partial charge is 0.176 e. The number of rotatable bonds is 5. The number of methoxy groups -OCH3 is 1. The monoisotopic (exact) mass is 404 g/mol. The summed E-state index contributed by atoms with van der Waals surface area (Å²) in [4.78, 5) is 0. The number of halogens is 2. The number of hydrogen-bond acceptors (Lipinski definition) is 3. The Labute approximate surface area is 167 Å². The third-order valence-corrected chi connectivity index (χ3v) is 4.51. The van der Waals surface area contributed by atoms with E-state index in [1.54, 1.807) is 23.9 Å². The number of aryl methyl sites for hydroxylation is 1. The molecular weight excluding hydrogens is 387 g/mol. The zero-order chi connectivity index (χ0) is 19.4. The first-order valence-electron chi connectivity index (χ1n) is 8.16. The van der Waals surface area contributed by atoms with Crippen LogP contribution >= 0.6 is 23.8 Å². The fourth-order valence-corrected chi connectivity index (χ4v) is 3.02. The molecule has 0 fully saturated rings. The Kier molecular flexibility index (Phi) is 5.93. The normalized spacial score (nSPS) is 10.5. The summed E-state index contributed by atoms with van der Waals surface area (Å²) in [6, 6.07) is 13.9. The summed E-state index contributed by atoms with van der Waals surface area (Å²) in [7, 11) is 1.59. The van der Waals surface area contributed by atoms with Crippen LogP contribution in [0.5, 0.6) is 5.75 Å². The van der Waals surface area contributed by atoms with Crippen molar-refractivity contribution >= 4 is 40.4 Å². The van der Waals surface area contributed by atoms with Crippen molar-refractivity contribution in [3.8, 4) is 5.75 Å². The molecule has 0 saturated carbocycles. The van der Waals surface area contributed by atoms with Gasteiger partial charge in [-0.2, -0.15) is 5.10 Å². The zero-order valence-electron chi connectivity index (χ0n) is 14.8. The molecule has 0 bridgehead atoms. The van der Waals surface area contributed by atoms with Crippen molar-refractivity contribution in [1.82, 2.24) is 9.78 Å². The molecule has 8 heteroatoms. The maximum absolute atomic E-state index is 14.0. The molecule has 3 rings (SSSR count). The molecular formula is C19H18ClFN4OS. The van der Waals surface area contributed by atoms with Crippen LogP contribution in [0.3, 0.4) is 0 Å². The van der Waals surface area contributed by atoms with Crippen molar-refractivity contribution in [2.45, 2.75) is 13.5 Å². The number of para-hydroxylation sites is 2. The fourth-order valence-electron chi connectivity index (χ4n) is 2.58. The molecule has 5 nitrogen and oxygen atoms in total. The standard InChI is InChI=1S/C19H18ClFN4OS/c1-12-10-18(23-19(27)22-16-8-3-4-9-17(16)26-2)24-25(12)11-13-14(20)6-5-7-15(13)21/h3-10H,11H2,1-2H3,(H2,22,23,24,27). The van der Waals surface area contributed by atoms with Crippen LogP contribution in [0.2, 0.25) is 5.02 Å². The van der Waals surface area contributed by atoms with Crippen LogP contribution in [0.4, 0.5) is 15.9 Å². The first kappa shape index (κ1) is 19.1. The maximum Gasteiger partial charge on any atom is 0.176 e. The van der Waals surface area contributed by atoms with E-state index in [1.807, 2.05) is 37.3 Å². The van der Waals surface area contributed by atoms with Crippen molar-refractivity contribution in [3.63, 3.8) is 0 Å². The van der Waals surface area contributed by atoms with Gasteiger partial charge < -0.3 is 15.4 Å². The molecule has 0 aliphatic carbocycles. The Morgan fingerprint density at radius 3 is 2.74 bits per heavy atom. The molecule has 0 saturated heterocycles. The Morgan fingerprint density at radius 2 is 2.00 bits per heavy atom. The number of nitrogens with zero attached hydrogens (tertiary/aromatic N) is 2. The van der Waals surface area contributed by atoms with Crippen molar-refractivity contribution in [2.75, 3.05) is 17.7 Å². The molecule has 0 amide bonds. The van der Waals surface area contributed by atoms with Gasteiger partial charge in [-0.25, -0.2) is 4.39 Å². The highest BCUT2D eigenvalue weighted by Gasteiger charge is 2.12. The van der Waals surface area contributed by atoms with E-state index in [9.17, 15) is 4.39 Å². The lowest BCUT2D eigenvalue weighted by molar-refractivity contribution is 0.417. The van der Waals surface area contributed by atoms with E-state index in [2.05, 4.69) is 15.7 Å². The molecule has 2 aromatic carbocycles. The first-order chi connectivity index (χ1) is 13.0. The summed E-state index contributed by atoms with van der Waals surface area (Å²) < 4.78 is 21.0. The summed E-state index contributed by atoms with van der Waals surface area (Å²) in [5.74, 6) is 0.866. The van der Waals surface area contributed by atoms with Gasteiger partial charge in [0, 0.05) is 22.3 Å². The Bertz CT molecular complexity index is 956. The third-order valence-electron chi connectivity index (χ3n) is 3.95. The van der Waals surface area contributed by atoms with E-state index in [0.717, 1.165) is 11.4 Å². The minimum Gasteiger partial charge on any atom is -0.495 e. The topological polar surface area (TPSA) is 51.1 Å². The molecule has 140 valence electrons. The fraction of sp³-hybridized carbons (Fsp3) is 0.158. The molecule has 0 radical (unpaired) electrons. The summed E-state index contributed by atoms with van der Waals surface area (Å²) in [5.41, 5.74) is 1.98. The van der Waals surface area contributed by atoms with Crippen LogP contribution in [0.15, 0.2) is 48.5 Å². The van der Waals surface area contributed by atoms with Crippen LogP contribution in [0.25, 0.3) is 0 Å². The molecule has 0 atom stereocenters. The van der Waals surface area contributed by atoms with Crippen LogP contribution in [0.1, 0.15) is 11.3 Å². The average molecular weight is 405 g/mol. The van der Waals surface area contributed by atoms with E-state index < -0.39 is 0 Å². The Morgan fingerprint density at radius 1 is 1.22 bits per heavy atom. The second-order valence-electron chi connectivity index (χ2n) is 5.81. The van der Waals surface area contributed by atoms with Gasteiger partial charge in [0.15, 0.2) is 10.9 Å². The highest BCUT2D eigenvalue weighted by Crippen LogP contribution is 2.24. The van der Waals surface area contributed by atoms with Gasteiger partial charge in [0.25, 0.3) is 0 Å². The Balaban J connectivity index is 1.72. The molecule has 0 unspecified atom stereocenters. The van der Waals surface area contributed by atoms with Crippen molar-refractivity contribution in [3.05, 3.63) is 70.6 Å².